The lowest BCUT2D eigenvalue weighted by Gasteiger charge is -2.20. The minimum atomic E-state index is -0.356. The van der Waals surface area contributed by atoms with Gasteiger partial charge in [0.05, 0.1) is 19.9 Å². The predicted octanol–water partition coefficient (Wildman–Crippen LogP) is 2.42. The second-order valence-electron chi connectivity index (χ2n) is 4.75. The highest BCUT2D eigenvalue weighted by Crippen LogP contribution is 2.29. The van der Waals surface area contributed by atoms with Gasteiger partial charge in [-0.1, -0.05) is 6.92 Å². The molecule has 0 aromatic heterocycles. The van der Waals surface area contributed by atoms with E-state index in [1.165, 1.54) is 0 Å². The summed E-state index contributed by atoms with van der Waals surface area (Å²) in [7, 11) is 3.20. The largest absolute Gasteiger partial charge is 0.497 e. The fourth-order valence-electron chi connectivity index (χ4n) is 1.70. The number of rotatable bonds is 7. The van der Waals surface area contributed by atoms with Gasteiger partial charge in [0.2, 0.25) is 5.91 Å². The van der Waals surface area contributed by atoms with Crippen molar-refractivity contribution in [3.8, 4) is 11.5 Å². The molecule has 112 valence electrons. The first-order valence-electron chi connectivity index (χ1n) is 6.80. The summed E-state index contributed by atoms with van der Waals surface area (Å²) in [5, 5.41) is 6.09. The molecule has 0 radical (unpaired) electrons. The van der Waals surface area contributed by atoms with E-state index < -0.39 is 0 Å². The molecule has 0 spiro atoms. The van der Waals surface area contributed by atoms with Gasteiger partial charge < -0.3 is 20.1 Å². The maximum absolute atomic E-state index is 12.0. The van der Waals surface area contributed by atoms with Gasteiger partial charge in [0, 0.05) is 12.1 Å². The van der Waals surface area contributed by atoms with Crippen molar-refractivity contribution in [2.45, 2.75) is 39.3 Å². The van der Waals surface area contributed by atoms with Crippen LogP contribution < -0.4 is 20.1 Å². The molecular weight excluding hydrogens is 256 g/mol. The minimum Gasteiger partial charge on any atom is -0.497 e. The molecule has 1 aromatic rings. The van der Waals surface area contributed by atoms with Crippen LogP contribution in [0.15, 0.2) is 18.2 Å². The first-order valence-corrected chi connectivity index (χ1v) is 6.80. The lowest BCUT2D eigenvalue weighted by Crippen LogP contribution is -2.41. The maximum atomic E-state index is 12.0. The zero-order valence-corrected chi connectivity index (χ0v) is 12.8. The van der Waals surface area contributed by atoms with E-state index in [4.69, 9.17) is 9.47 Å². The molecule has 1 rings (SSSR count). The van der Waals surface area contributed by atoms with Crippen LogP contribution in [-0.2, 0) is 4.79 Å². The van der Waals surface area contributed by atoms with Gasteiger partial charge in [-0.05, 0) is 32.4 Å². The summed E-state index contributed by atoms with van der Waals surface area (Å²) in [4.78, 5) is 12.0. The average Bonchev–Trinajstić information content (AvgIpc) is 2.46. The molecule has 1 aromatic carbocycles. The molecule has 0 saturated carbocycles. The third kappa shape index (κ3) is 4.33. The number of carbonyl (C=O) groups excluding carboxylic acids is 1. The van der Waals surface area contributed by atoms with Crippen molar-refractivity contribution in [3.63, 3.8) is 0 Å². The number of anilines is 1. The third-order valence-corrected chi connectivity index (χ3v) is 3.17. The van der Waals surface area contributed by atoms with Crippen LogP contribution in [0.25, 0.3) is 0 Å². The highest BCUT2D eigenvalue weighted by Gasteiger charge is 2.16. The SMILES string of the molecule is CCC(C)NC(=O)C(C)Nc1cc(OC)ccc1OC. The molecule has 2 atom stereocenters. The van der Waals surface area contributed by atoms with Crippen LogP contribution in [0.3, 0.4) is 0 Å². The van der Waals surface area contributed by atoms with Crippen LogP contribution in [-0.4, -0.2) is 32.2 Å². The topological polar surface area (TPSA) is 59.6 Å². The van der Waals surface area contributed by atoms with E-state index in [2.05, 4.69) is 10.6 Å². The first-order chi connectivity index (χ1) is 9.51. The summed E-state index contributed by atoms with van der Waals surface area (Å²) >= 11 is 0. The Morgan fingerprint density at radius 2 is 1.95 bits per heavy atom. The molecule has 0 saturated heterocycles. The number of amides is 1. The molecule has 2 N–H and O–H groups in total. The van der Waals surface area contributed by atoms with Crippen LogP contribution in [0, 0.1) is 0 Å². The summed E-state index contributed by atoms with van der Waals surface area (Å²) in [6.07, 6.45) is 0.904. The summed E-state index contributed by atoms with van der Waals surface area (Å²) in [5.41, 5.74) is 0.735. The molecular formula is C15H24N2O3. The lowest BCUT2D eigenvalue weighted by atomic mass is 10.2. The van der Waals surface area contributed by atoms with Crippen LogP contribution in [0.1, 0.15) is 27.2 Å². The fraction of sp³-hybridized carbons (Fsp3) is 0.533. The average molecular weight is 280 g/mol. The second-order valence-corrected chi connectivity index (χ2v) is 4.75. The van der Waals surface area contributed by atoms with Gasteiger partial charge in [-0.15, -0.1) is 0 Å². The summed E-state index contributed by atoms with van der Waals surface area (Å²) in [5.74, 6) is 1.35. The van der Waals surface area contributed by atoms with Gasteiger partial charge in [0.15, 0.2) is 0 Å². The van der Waals surface area contributed by atoms with Crippen molar-refractivity contribution in [2.24, 2.45) is 0 Å². The van der Waals surface area contributed by atoms with Crippen molar-refractivity contribution in [1.29, 1.82) is 0 Å². The van der Waals surface area contributed by atoms with E-state index >= 15 is 0 Å². The van der Waals surface area contributed by atoms with Gasteiger partial charge in [-0.3, -0.25) is 4.79 Å². The second kappa shape index (κ2) is 7.62. The molecule has 0 aliphatic rings. The quantitative estimate of drug-likeness (QED) is 0.805. The molecule has 0 aliphatic carbocycles. The molecule has 0 heterocycles. The van der Waals surface area contributed by atoms with Gasteiger partial charge in [0.1, 0.15) is 17.5 Å². The number of methoxy groups -OCH3 is 2. The first kappa shape index (κ1) is 16.1. The Kier molecular flexibility index (Phi) is 6.15. The number of nitrogens with one attached hydrogen (secondary N) is 2. The molecule has 1 amide bonds. The Morgan fingerprint density at radius 3 is 2.50 bits per heavy atom. The molecule has 0 aliphatic heterocycles. The minimum absolute atomic E-state index is 0.0378. The number of hydrogen-bond donors (Lipinski definition) is 2. The Labute approximate surface area is 120 Å². The van der Waals surface area contributed by atoms with E-state index in [1.807, 2.05) is 32.9 Å². The van der Waals surface area contributed by atoms with E-state index in [9.17, 15) is 4.79 Å². The molecule has 20 heavy (non-hydrogen) atoms. The maximum Gasteiger partial charge on any atom is 0.242 e. The zero-order valence-electron chi connectivity index (χ0n) is 12.8. The van der Waals surface area contributed by atoms with Crippen molar-refractivity contribution in [1.82, 2.24) is 5.32 Å². The van der Waals surface area contributed by atoms with Gasteiger partial charge in [-0.25, -0.2) is 0 Å². The summed E-state index contributed by atoms with van der Waals surface area (Å²) in [6.45, 7) is 5.83. The molecule has 0 fully saturated rings. The Morgan fingerprint density at radius 1 is 1.25 bits per heavy atom. The smallest absolute Gasteiger partial charge is 0.242 e. The molecule has 5 nitrogen and oxygen atoms in total. The highest BCUT2D eigenvalue weighted by atomic mass is 16.5. The lowest BCUT2D eigenvalue weighted by molar-refractivity contribution is -0.122. The van der Waals surface area contributed by atoms with Crippen LogP contribution in [0.4, 0.5) is 5.69 Å². The normalized spacial score (nSPS) is 13.2. The van der Waals surface area contributed by atoms with Gasteiger partial charge in [-0.2, -0.15) is 0 Å². The Balaban J connectivity index is 2.78. The standard InChI is InChI=1S/C15H24N2O3/c1-6-10(2)16-15(18)11(3)17-13-9-12(19-4)7-8-14(13)20-5/h7-11,17H,6H2,1-5H3,(H,16,18). The predicted molar refractivity (Wildman–Crippen MR) is 80.5 cm³/mol. The molecule has 0 bridgehead atoms. The molecule has 2 unspecified atom stereocenters. The summed E-state index contributed by atoms with van der Waals surface area (Å²) < 4.78 is 10.5. The number of carbonyl (C=O) groups is 1. The number of benzene rings is 1. The third-order valence-electron chi connectivity index (χ3n) is 3.17. The zero-order chi connectivity index (χ0) is 15.1. The van der Waals surface area contributed by atoms with Crippen LogP contribution in [0.2, 0.25) is 0 Å². The van der Waals surface area contributed by atoms with Gasteiger partial charge >= 0.3 is 0 Å². The summed E-state index contributed by atoms with van der Waals surface area (Å²) in [6, 6.07) is 5.24. The van der Waals surface area contributed by atoms with E-state index in [0.29, 0.717) is 11.5 Å². The van der Waals surface area contributed by atoms with Crippen molar-refractivity contribution >= 4 is 11.6 Å². The van der Waals surface area contributed by atoms with Crippen LogP contribution in [0.5, 0.6) is 11.5 Å². The highest BCUT2D eigenvalue weighted by molar-refractivity contribution is 5.85. The molecule has 5 heteroatoms. The van der Waals surface area contributed by atoms with Crippen molar-refractivity contribution < 1.29 is 14.3 Å². The van der Waals surface area contributed by atoms with Crippen LogP contribution >= 0.6 is 0 Å². The number of ether oxygens (including phenoxy) is 2. The van der Waals surface area contributed by atoms with E-state index in [-0.39, 0.29) is 18.0 Å². The Hall–Kier alpha value is -1.91. The monoisotopic (exact) mass is 280 g/mol. The van der Waals surface area contributed by atoms with Crippen molar-refractivity contribution in [3.05, 3.63) is 18.2 Å². The van der Waals surface area contributed by atoms with Gasteiger partial charge in [0.25, 0.3) is 0 Å². The van der Waals surface area contributed by atoms with E-state index in [1.54, 1.807) is 20.3 Å². The van der Waals surface area contributed by atoms with E-state index in [0.717, 1.165) is 12.1 Å². The number of hydrogen-bond acceptors (Lipinski definition) is 4. The fourth-order valence-corrected chi connectivity index (χ4v) is 1.70. The Bertz CT molecular complexity index is 449. The van der Waals surface area contributed by atoms with Crippen molar-refractivity contribution in [2.75, 3.05) is 19.5 Å².